The number of nitrogens with two attached hydrogens (primary N) is 1. The first-order valence-corrected chi connectivity index (χ1v) is 4.98. The van der Waals surface area contributed by atoms with E-state index in [2.05, 4.69) is 18.4 Å². The van der Waals surface area contributed by atoms with Crippen LogP contribution in [0.3, 0.4) is 0 Å². The molecule has 1 aromatic heterocycles. The fraction of sp³-hybridized carbons (Fsp3) is 0.556. The Kier molecular flexibility index (Phi) is 3.72. The third-order valence-electron chi connectivity index (χ3n) is 1.84. The van der Waals surface area contributed by atoms with E-state index >= 15 is 0 Å². The van der Waals surface area contributed by atoms with E-state index in [1.54, 1.807) is 18.4 Å². The molecule has 0 aliphatic carbocycles. The molecule has 0 aliphatic heterocycles. The van der Waals surface area contributed by atoms with Crippen molar-refractivity contribution in [3.63, 3.8) is 0 Å². The zero-order valence-electron chi connectivity index (χ0n) is 7.54. The highest BCUT2D eigenvalue weighted by Crippen LogP contribution is 2.23. The Morgan fingerprint density at radius 2 is 2.42 bits per heavy atom. The Morgan fingerprint density at radius 1 is 1.67 bits per heavy atom. The number of hydrogen-bond acceptors (Lipinski definition) is 3. The van der Waals surface area contributed by atoms with Gasteiger partial charge in [0.15, 0.2) is 0 Å². The lowest BCUT2D eigenvalue weighted by Gasteiger charge is -2.09. The molecule has 0 spiro atoms. The van der Waals surface area contributed by atoms with Gasteiger partial charge in [0.25, 0.3) is 0 Å². The molecular weight excluding hydrogens is 170 g/mol. The predicted molar refractivity (Wildman–Crippen MR) is 52.5 cm³/mol. The van der Waals surface area contributed by atoms with Crippen molar-refractivity contribution in [2.45, 2.75) is 19.4 Å². The number of thiophene rings is 1. The van der Waals surface area contributed by atoms with Crippen molar-refractivity contribution in [3.8, 4) is 0 Å². The first-order chi connectivity index (χ1) is 5.79. The van der Waals surface area contributed by atoms with Crippen LogP contribution >= 0.6 is 11.3 Å². The molecule has 1 atom stereocenters. The van der Waals surface area contributed by atoms with Crippen LogP contribution in [-0.2, 0) is 11.2 Å². The first-order valence-electron chi connectivity index (χ1n) is 4.10. The molecule has 2 nitrogen and oxygen atoms in total. The van der Waals surface area contributed by atoms with Crippen molar-refractivity contribution in [3.05, 3.63) is 21.9 Å². The molecule has 0 bridgehead atoms. The number of aryl methyl sites for hydroxylation is 1. The molecule has 0 aromatic carbocycles. The molecule has 68 valence electrons. The van der Waals surface area contributed by atoms with E-state index in [1.165, 1.54) is 10.4 Å². The summed E-state index contributed by atoms with van der Waals surface area (Å²) in [4.78, 5) is 1.26. The van der Waals surface area contributed by atoms with Crippen LogP contribution in [0.2, 0.25) is 0 Å². The quantitative estimate of drug-likeness (QED) is 0.778. The summed E-state index contributed by atoms with van der Waals surface area (Å²) in [5.41, 5.74) is 7.26. The van der Waals surface area contributed by atoms with Crippen molar-refractivity contribution >= 4 is 11.3 Å². The number of ether oxygens (including phenoxy) is 1. The molecule has 0 saturated heterocycles. The second kappa shape index (κ2) is 4.60. The molecule has 1 rings (SSSR count). The van der Waals surface area contributed by atoms with Gasteiger partial charge in [0, 0.05) is 12.0 Å². The van der Waals surface area contributed by atoms with Crippen LogP contribution in [0, 0.1) is 0 Å². The average Bonchev–Trinajstić information content (AvgIpc) is 2.51. The van der Waals surface area contributed by atoms with Crippen molar-refractivity contribution in [2.75, 3.05) is 13.7 Å². The molecule has 0 aliphatic rings. The van der Waals surface area contributed by atoms with Crippen LogP contribution in [-0.4, -0.2) is 13.7 Å². The molecule has 1 heterocycles. The van der Waals surface area contributed by atoms with E-state index in [0.29, 0.717) is 6.61 Å². The highest BCUT2D eigenvalue weighted by atomic mass is 32.1. The minimum atomic E-state index is 0.0462. The third-order valence-corrected chi connectivity index (χ3v) is 2.94. The summed E-state index contributed by atoms with van der Waals surface area (Å²) >= 11 is 1.72. The van der Waals surface area contributed by atoms with E-state index in [9.17, 15) is 0 Å². The van der Waals surface area contributed by atoms with Crippen LogP contribution in [0.5, 0.6) is 0 Å². The Labute approximate surface area is 77.3 Å². The maximum absolute atomic E-state index is 5.91. The molecule has 2 N–H and O–H groups in total. The number of hydrogen-bond donors (Lipinski definition) is 1. The van der Waals surface area contributed by atoms with E-state index in [1.807, 2.05) is 0 Å². The molecule has 0 saturated carbocycles. The lowest BCUT2D eigenvalue weighted by atomic mass is 10.1. The second-order valence-corrected chi connectivity index (χ2v) is 3.67. The van der Waals surface area contributed by atoms with Gasteiger partial charge in [0.05, 0.1) is 12.6 Å². The summed E-state index contributed by atoms with van der Waals surface area (Å²) in [6, 6.07) is 2.18. The lowest BCUT2D eigenvalue weighted by molar-refractivity contribution is 0.181. The van der Waals surface area contributed by atoms with Gasteiger partial charge in [-0.05, 0) is 23.4 Å². The van der Waals surface area contributed by atoms with Gasteiger partial charge in [0.2, 0.25) is 0 Å². The number of methoxy groups -OCH3 is 1. The molecule has 12 heavy (non-hydrogen) atoms. The van der Waals surface area contributed by atoms with Gasteiger partial charge >= 0.3 is 0 Å². The molecule has 1 unspecified atom stereocenters. The predicted octanol–water partition coefficient (Wildman–Crippen LogP) is 1.96. The van der Waals surface area contributed by atoms with Gasteiger partial charge in [-0.3, -0.25) is 0 Å². The van der Waals surface area contributed by atoms with Crippen molar-refractivity contribution in [2.24, 2.45) is 5.73 Å². The van der Waals surface area contributed by atoms with Crippen molar-refractivity contribution in [1.82, 2.24) is 0 Å². The molecule has 0 fully saturated rings. The SMILES string of the molecule is CCc1ccsc1C(N)COC. The van der Waals surface area contributed by atoms with E-state index in [0.717, 1.165) is 6.42 Å². The van der Waals surface area contributed by atoms with Gasteiger partial charge in [-0.2, -0.15) is 0 Å². The monoisotopic (exact) mass is 185 g/mol. The van der Waals surface area contributed by atoms with Crippen LogP contribution in [0.25, 0.3) is 0 Å². The van der Waals surface area contributed by atoms with Crippen molar-refractivity contribution < 1.29 is 4.74 Å². The normalized spacial score (nSPS) is 13.2. The Bertz CT molecular complexity index is 234. The largest absolute Gasteiger partial charge is 0.383 e. The standard InChI is InChI=1S/C9H15NOS/c1-3-7-4-5-12-9(7)8(10)6-11-2/h4-5,8H,3,6,10H2,1-2H3. The van der Waals surface area contributed by atoms with Gasteiger partial charge in [-0.15, -0.1) is 11.3 Å². The van der Waals surface area contributed by atoms with Gasteiger partial charge in [-0.25, -0.2) is 0 Å². The van der Waals surface area contributed by atoms with E-state index < -0.39 is 0 Å². The van der Waals surface area contributed by atoms with Gasteiger partial charge in [0.1, 0.15) is 0 Å². The van der Waals surface area contributed by atoms with Gasteiger partial charge < -0.3 is 10.5 Å². The maximum Gasteiger partial charge on any atom is 0.0663 e. The smallest absolute Gasteiger partial charge is 0.0663 e. The lowest BCUT2D eigenvalue weighted by Crippen LogP contribution is -2.15. The summed E-state index contributed by atoms with van der Waals surface area (Å²) in [5.74, 6) is 0. The molecule has 0 amide bonds. The zero-order chi connectivity index (χ0) is 8.97. The minimum Gasteiger partial charge on any atom is -0.383 e. The summed E-state index contributed by atoms with van der Waals surface area (Å²) in [6.45, 7) is 2.75. The highest BCUT2D eigenvalue weighted by molar-refractivity contribution is 7.10. The van der Waals surface area contributed by atoms with Crippen LogP contribution in [0.15, 0.2) is 11.4 Å². The summed E-state index contributed by atoms with van der Waals surface area (Å²) < 4.78 is 5.01. The van der Waals surface area contributed by atoms with Crippen molar-refractivity contribution in [1.29, 1.82) is 0 Å². The first kappa shape index (κ1) is 9.71. The summed E-state index contributed by atoms with van der Waals surface area (Å²) in [6.07, 6.45) is 1.05. The van der Waals surface area contributed by atoms with Crippen LogP contribution in [0.1, 0.15) is 23.4 Å². The van der Waals surface area contributed by atoms with Gasteiger partial charge in [-0.1, -0.05) is 6.92 Å². The van der Waals surface area contributed by atoms with E-state index in [4.69, 9.17) is 10.5 Å². The molecular formula is C9H15NOS. The Balaban J connectivity index is 2.71. The van der Waals surface area contributed by atoms with Crippen LogP contribution in [0.4, 0.5) is 0 Å². The minimum absolute atomic E-state index is 0.0462. The zero-order valence-corrected chi connectivity index (χ0v) is 8.36. The Morgan fingerprint density at radius 3 is 3.00 bits per heavy atom. The fourth-order valence-corrected chi connectivity index (χ4v) is 2.21. The molecule has 0 radical (unpaired) electrons. The topological polar surface area (TPSA) is 35.2 Å². The molecule has 3 heteroatoms. The van der Waals surface area contributed by atoms with E-state index in [-0.39, 0.29) is 6.04 Å². The number of rotatable bonds is 4. The van der Waals surface area contributed by atoms with Crippen LogP contribution < -0.4 is 5.73 Å². The fourth-order valence-electron chi connectivity index (χ4n) is 1.22. The second-order valence-electron chi connectivity index (χ2n) is 2.73. The average molecular weight is 185 g/mol. The summed E-state index contributed by atoms with van der Waals surface area (Å²) in [7, 11) is 1.68. The summed E-state index contributed by atoms with van der Waals surface area (Å²) in [5, 5.41) is 2.09. The molecule has 1 aromatic rings. The maximum atomic E-state index is 5.91. The third kappa shape index (κ3) is 2.06. The highest BCUT2D eigenvalue weighted by Gasteiger charge is 2.10. The Hall–Kier alpha value is -0.380.